The number of carbonyl (C=O) groups is 1. The van der Waals surface area contributed by atoms with Crippen molar-refractivity contribution in [1.82, 2.24) is 5.43 Å². The summed E-state index contributed by atoms with van der Waals surface area (Å²) in [5, 5.41) is 8.82. The summed E-state index contributed by atoms with van der Waals surface area (Å²) < 4.78 is 10.8. The van der Waals surface area contributed by atoms with E-state index in [2.05, 4.69) is 46.2 Å². The highest BCUT2D eigenvalue weighted by atomic mass is 35.5. The van der Waals surface area contributed by atoms with E-state index >= 15 is 0 Å². The quantitative estimate of drug-likeness (QED) is 0.233. The third-order valence-electron chi connectivity index (χ3n) is 6.80. The molecule has 0 spiro atoms. The van der Waals surface area contributed by atoms with Gasteiger partial charge in [0.2, 0.25) is 0 Å². The Morgan fingerprint density at radius 2 is 1.86 bits per heavy atom. The van der Waals surface area contributed by atoms with Crippen LogP contribution in [0.3, 0.4) is 0 Å². The molecule has 36 heavy (non-hydrogen) atoms. The van der Waals surface area contributed by atoms with E-state index in [1.807, 2.05) is 43.3 Å². The van der Waals surface area contributed by atoms with Gasteiger partial charge in [0.15, 0.2) is 18.1 Å². The number of carbonyl (C=O) groups excluding carboxylic acids is 1. The van der Waals surface area contributed by atoms with E-state index in [-0.39, 0.29) is 18.6 Å². The molecule has 1 aliphatic carbocycles. The van der Waals surface area contributed by atoms with E-state index in [9.17, 15) is 4.79 Å². The average Bonchev–Trinajstić information content (AvgIpc) is 3.41. The molecule has 0 saturated carbocycles. The van der Waals surface area contributed by atoms with Crippen LogP contribution in [-0.4, -0.2) is 25.3 Å². The van der Waals surface area contributed by atoms with Crippen LogP contribution in [0.4, 0.5) is 5.69 Å². The number of nitrogens with one attached hydrogen (secondary N) is 2. The molecule has 0 aromatic heterocycles. The second-order valence-corrected chi connectivity index (χ2v) is 9.38. The van der Waals surface area contributed by atoms with Crippen molar-refractivity contribution in [2.75, 3.05) is 19.0 Å². The molecule has 7 heteroatoms. The van der Waals surface area contributed by atoms with E-state index < -0.39 is 0 Å². The van der Waals surface area contributed by atoms with E-state index in [1.54, 1.807) is 19.2 Å². The zero-order chi connectivity index (χ0) is 25.1. The molecular weight excluding hydrogens is 474 g/mol. The average molecular weight is 502 g/mol. The van der Waals surface area contributed by atoms with Gasteiger partial charge in [-0.1, -0.05) is 60.2 Å². The Bertz CT molecular complexity index is 1340. The van der Waals surface area contributed by atoms with Crippen LogP contribution >= 0.6 is 11.6 Å². The maximum absolute atomic E-state index is 12.3. The minimum Gasteiger partial charge on any atom is -0.493 e. The molecule has 1 aliphatic heterocycles. The van der Waals surface area contributed by atoms with Gasteiger partial charge in [0, 0.05) is 16.6 Å². The number of methoxy groups -OCH3 is 1. The number of para-hydroxylation sites is 2. The topological polar surface area (TPSA) is 72.0 Å². The first-order chi connectivity index (χ1) is 17.5. The van der Waals surface area contributed by atoms with Crippen molar-refractivity contribution < 1.29 is 14.3 Å². The van der Waals surface area contributed by atoms with Gasteiger partial charge < -0.3 is 14.8 Å². The molecule has 184 valence electrons. The van der Waals surface area contributed by atoms with Crippen molar-refractivity contribution in [3.05, 3.63) is 101 Å². The Hall–Kier alpha value is -3.77. The fourth-order valence-electron chi connectivity index (χ4n) is 4.98. The molecule has 0 bridgehead atoms. The number of halogens is 1. The lowest BCUT2D eigenvalue weighted by Crippen LogP contribution is -2.29. The summed E-state index contributed by atoms with van der Waals surface area (Å²) in [5.41, 5.74) is 7.72. The van der Waals surface area contributed by atoms with Crippen LogP contribution < -0.4 is 20.2 Å². The highest BCUT2D eigenvalue weighted by Crippen LogP contribution is 2.50. The predicted molar refractivity (Wildman–Crippen MR) is 143 cm³/mol. The fraction of sp³-hybridized carbons (Fsp3) is 0.241. The molecule has 0 saturated heterocycles. The molecule has 2 aliphatic rings. The zero-order valence-corrected chi connectivity index (χ0v) is 21.0. The molecule has 1 amide bonds. The van der Waals surface area contributed by atoms with E-state index in [0.29, 0.717) is 23.3 Å². The summed E-state index contributed by atoms with van der Waals surface area (Å²) in [6, 6.07) is 21.7. The number of nitrogens with zero attached hydrogens (tertiary/aromatic N) is 1. The monoisotopic (exact) mass is 501 g/mol. The minimum atomic E-state index is -0.346. The third-order valence-corrected chi connectivity index (χ3v) is 7.14. The Morgan fingerprint density at radius 3 is 2.67 bits per heavy atom. The largest absolute Gasteiger partial charge is 0.493 e. The van der Waals surface area contributed by atoms with Gasteiger partial charge in [-0.2, -0.15) is 5.10 Å². The normalized spacial score (nSPS) is 20.2. The summed E-state index contributed by atoms with van der Waals surface area (Å²) in [4.78, 5) is 12.3. The maximum atomic E-state index is 12.3. The second-order valence-electron chi connectivity index (χ2n) is 8.97. The third kappa shape index (κ3) is 4.82. The molecule has 0 unspecified atom stereocenters. The SMILES string of the molecule is COc1ccccc1OCC(=O)N/N=C(/C)c1ccc2c(c1)[C@@H]1C=CC[C@@H]1[C@H](c1ccccc1Cl)N2. The van der Waals surface area contributed by atoms with Gasteiger partial charge in [0.1, 0.15) is 0 Å². The van der Waals surface area contributed by atoms with Crippen LogP contribution in [0, 0.1) is 5.92 Å². The van der Waals surface area contributed by atoms with Crippen LogP contribution in [0.1, 0.15) is 42.0 Å². The molecule has 1 heterocycles. The first-order valence-corrected chi connectivity index (χ1v) is 12.3. The Labute approximate surface area is 216 Å². The van der Waals surface area contributed by atoms with E-state index in [1.165, 1.54) is 5.56 Å². The zero-order valence-electron chi connectivity index (χ0n) is 20.2. The summed E-state index contributed by atoms with van der Waals surface area (Å²) >= 11 is 6.55. The molecule has 5 rings (SSSR count). The van der Waals surface area contributed by atoms with Crippen LogP contribution in [-0.2, 0) is 4.79 Å². The molecule has 0 radical (unpaired) electrons. The number of rotatable bonds is 7. The van der Waals surface area contributed by atoms with Crippen molar-refractivity contribution in [2.24, 2.45) is 11.0 Å². The Morgan fingerprint density at radius 1 is 1.08 bits per heavy atom. The molecular formula is C29H28ClN3O3. The number of anilines is 1. The molecule has 6 nitrogen and oxygen atoms in total. The lowest BCUT2D eigenvalue weighted by atomic mass is 9.76. The van der Waals surface area contributed by atoms with E-state index in [4.69, 9.17) is 21.1 Å². The number of hydrogen-bond acceptors (Lipinski definition) is 5. The number of benzene rings is 3. The standard InChI is InChI=1S/C29H28ClN3O3/c1-18(32-33-28(34)17-36-27-13-6-5-12-26(27)35-2)19-14-15-25-23(16-19)20-9-7-10-21(20)29(31-25)22-8-3-4-11-24(22)30/h3-9,11-16,20-21,29,31H,10,17H2,1-2H3,(H,33,34)/b32-18-/t20-,21+,29-/m1/s1. The van der Waals surface area contributed by atoms with E-state index in [0.717, 1.165) is 34.0 Å². The number of hydrazone groups is 1. The summed E-state index contributed by atoms with van der Waals surface area (Å²) in [7, 11) is 1.56. The fourth-order valence-corrected chi connectivity index (χ4v) is 5.23. The molecule has 3 aromatic carbocycles. The van der Waals surface area contributed by atoms with Crippen molar-refractivity contribution >= 4 is 28.9 Å². The molecule has 2 N–H and O–H groups in total. The van der Waals surface area contributed by atoms with Crippen LogP contribution in [0.2, 0.25) is 5.02 Å². The van der Waals surface area contributed by atoms with Crippen molar-refractivity contribution in [3.63, 3.8) is 0 Å². The van der Waals surface area contributed by atoms with Crippen molar-refractivity contribution in [2.45, 2.75) is 25.3 Å². The van der Waals surface area contributed by atoms with Gasteiger partial charge in [0.25, 0.3) is 5.91 Å². The van der Waals surface area contributed by atoms with Gasteiger partial charge in [-0.25, -0.2) is 5.43 Å². The minimum absolute atomic E-state index is 0.148. The summed E-state index contributed by atoms with van der Waals surface area (Å²) in [6.45, 7) is 1.72. The predicted octanol–water partition coefficient (Wildman–Crippen LogP) is 6.09. The summed E-state index contributed by atoms with van der Waals surface area (Å²) in [6.07, 6.45) is 5.54. The number of amides is 1. The number of hydrogen-bond donors (Lipinski definition) is 2. The Balaban J connectivity index is 1.29. The van der Waals surface area contributed by atoms with Gasteiger partial charge in [-0.05, 0) is 66.3 Å². The highest BCUT2D eigenvalue weighted by Gasteiger charge is 2.38. The second kappa shape index (κ2) is 10.5. The first-order valence-electron chi connectivity index (χ1n) is 12.0. The number of ether oxygens (including phenoxy) is 2. The van der Waals surface area contributed by atoms with Crippen molar-refractivity contribution in [1.29, 1.82) is 0 Å². The van der Waals surface area contributed by atoms with Gasteiger partial charge >= 0.3 is 0 Å². The summed E-state index contributed by atoms with van der Waals surface area (Å²) in [5.74, 6) is 1.41. The smallest absolute Gasteiger partial charge is 0.277 e. The van der Waals surface area contributed by atoms with Gasteiger partial charge in [0.05, 0.1) is 18.9 Å². The maximum Gasteiger partial charge on any atom is 0.277 e. The van der Waals surface area contributed by atoms with Crippen molar-refractivity contribution in [3.8, 4) is 11.5 Å². The molecule has 3 aromatic rings. The molecule has 0 fully saturated rings. The molecule has 3 atom stereocenters. The lowest BCUT2D eigenvalue weighted by Gasteiger charge is -2.38. The van der Waals surface area contributed by atoms with Crippen LogP contribution in [0.25, 0.3) is 0 Å². The van der Waals surface area contributed by atoms with Gasteiger partial charge in [-0.15, -0.1) is 0 Å². The van der Waals surface area contributed by atoms with Crippen LogP contribution in [0.15, 0.2) is 84.0 Å². The van der Waals surface area contributed by atoms with Crippen LogP contribution in [0.5, 0.6) is 11.5 Å². The lowest BCUT2D eigenvalue weighted by molar-refractivity contribution is -0.123. The number of allylic oxidation sites excluding steroid dienone is 2. The highest BCUT2D eigenvalue weighted by molar-refractivity contribution is 6.31. The number of fused-ring (bicyclic) bond motifs is 3. The first kappa shape index (κ1) is 23.9. The van der Waals surface area contributed by atoms with Gasteiger partial charge in [-0.3, -0.25) is 4.79 Å². The Kier molecular flexibility index (Phi) is 6.96.